The maximum Gasteiger partial charge on any atom is 0.410 e. The van der Waals surface area contributed by atoms with E-state index in [9.17, 15) is 13.6 Å². The highest BCUT2D eigenvalue weighted by Crippen LogP contribution is 2.34. The second-order valence-electron chi connectivity index (χ2n) is 6.87. The Morgan fingerprint density at radius 3 is 2.65 bits per heavy atom. The lowest BCUT2D eigenvalue weighted by Gasteiger charge is -2.40. The summed E-state index contributed by atoms with van der Waals surface area (Å²) < 4.78 is 33.2. The van der Waals surface area contributed by atoms with E-state index >= 15 is 0 Å². The number of benzene rings is 1. The Bertz CT molecular complexity index is 572. The van der Waals surface area contributed by atoms with E-state index in [1.165, 1.54) is 4.90 Å². The molecule has 4 nitrogen and oxygen atoms in total. The van der Waals surface area contributed by atoms with E-state index in [-0.39, 0.29) is 11.6 Å². The molecule has 1 heterocycles. The minimum absolute atomic E-state index is 0.140. The number of ether oxygens (including phenoxy) is 1. The first-order valence-corrected chi connectivity index (χ1v) is 7.83. The molecule has 6 heteroatoms. The smallest absolute Gasteiger partial charge is 0.410 e. The standard InChI is InChI=1S/C17H24F2N2O2/c1-17(2,3)23-16(22)21-8-7-12(20-4)10-15(21)13-9-11(18)5-6-14(13)19/h5-6,9,12,15,20H,7-8,10H2,1-4H3/t12?,15-/m0/s1. The number of likely N-dealkylation sites (tertiary alicyclic amines) is 1. The molecule has 1 amide bonds. The van der Waals surface area contributed by atoms with Gasteiger partial charge in [-0.25, -0.2) is 13.6 Å². The molecule has 0 spiro atoms. The summed E-state index contributed by atoms with van der Waals surface area (Å²) >= 11 is 0. The molecule has 0 radical (unpaired) electrons. The van der Waals surface area contributed by atoms with E-state index in [4.69, 9.17) is 4.74 Å². The average molecular weight is 326 g/mol. The number of hydrogen-bond donors (Lipinski definition) is 1. The fourth-order valence-corrected chi connectivity index (χ4v) is 2.83. The maximum absolute atomic E-state index is 14.2. The van der Waals surface area contributed by atoms with Gasteiger partial charge in [0.15, 0.2) is 0 Å². The zero-order valence-corrected chi connectivity index (χ0v) is 14.0. The molecule has 128 valence electrons. The van der Waals surface area contributed by atoms with Crippen LogP contribution in [0.2, 0.25) is 0 Å². The largest absolute Gasteiger partial charge is 0.444 e. The molecule has 1 fully saturated rings. The molecule has 1 saturated heterocycles. The molecule has 23 heavy (non-hydrogen) atoms. The zero-order chi connectivity index (χ0) is 17.2. The first kappa shape index (κ1) is 17.7. The van der Waals surface area contributed by atoms with Crippen molar-refractivity contribution in [1.82, 2.24) is 10.2 Å². The highest BCUT2D eigenvalue weighted by molar-refractivity contribution is 5.69. The number of carbonyl (C=O) groups excluding carboxylic acids is 1. The van der Waals surface area contributed by atoms with Crippen molar-refractivity contribution in [3.63, 3.8) is 0 Å². The van der Waals surface area contributed by atoms with Gasteiger partial charge in [0.05, 0.1) is 6.04 Å². The van der Waals surface area contributed by atoms with Crippen LogP contribution in [-0.2, 0) is 4.74 Å². The van der Waals surface area contributed by atoms with Crippen LogP contribution in [0.1, 0.15) is 45.2 Å². The fourth-order valence-electron chi connectivity index (χ4n) is 2.83. The van der Waals surface area contributed by atoms with Crippen molar-refractivity contribution in [2.45, 2.75) is 51.3 Å². The molecule has 1 aromatic carbocycles. The lowest BCUT2D eigenvalue weighted by molar-refractivity contribution is 0.00643. The summed E-state index contributed by atoms with van der Waals surface area (Å²) in [4.78, 5) is 14.0. The number of hydrogen-bond acceptors (Lipinski definition) is 3. The van der Waals surface area contributed by atoms with E-state index in [1.54, 1.807) is 20.8 Å². The summed E-state index contributed by atoms with van der Waals surface area (Å²) in [5, 5.41) is 3.15. The number of amides is 1. The van der Waals surface area contributed by atoms with Gasteiger partial charge in [-0.3, -0.25) is 0 Å². The van der Waals surface area contributed by atoms with Crippen molar-refractivity contribution < 1.29 is 18.3 Å². The number of nitrogens with zero attached hydrogens (tertiary/aromatic N) is 1. The highest BCUT2D eigenvalue weighted by Gasteiger charge is 2.36. The molecule has 0 aliphatic carbocycles. The summed E-state index contributed by atoms with van der Waals surface area (Å²) in [5.74, 6) is -1.03. The van der Waals surface area contributed by atoms with Crippen molar-refractivity contribution >= 4 is 6.09 Å². The Kier molecular flexibility index (Phi) is 5.24. The first-order chi connectivity index (χ1) is 10.7. The van der Waals surface area contributed by atoms with E-state index in [0.29, 0.717) is 13.0 Å². The van der Waals surface area contributed by atoms with Gasteiger partial charge in [-0.2, -0.15) is 0 Å². The Balaban J connectivity index is 2.32. The number of rotatable bonds is 2. The first-order valence-electron chi connectivity index (χ1n) is 7.83. The van der Waals surface area contributed by atoms with Gasteiger partial charge < -0.3 is 15.0 Å². The number of halogens is 2. The molecule has 2 atom stereocenters. The van der Waals surface area contributed by atoms with Gasteiger partial charge in [-0.15, -0.1) is 0 Å². The number of nitrogens with one attached hydrogen (secondary N) is 1. The zero-order valence-electron chi connectivity index (χ0n) is 14.0. The SMILES string of the molecule is CNC1CCN(C(=O)OC(C)(C)C)[C@H](c2cc(F)ccc2F)C1. The van der Waals surface area contributed by atoms with E-state index in [0.717, 1.165) is 24.6 Å². The number of piperidine rings is 1. The molecule has 1 aliphatic heterocycles. The van der Waals surface area contributed by atoms with Crippen LogP contribution in [0.25, 0.3) is 0 Å². The molecule has 1 N–H and O–H groups in total. The Morgan fingerprint density at radius 2 is 2.04 bits per heavy atom. The average Bonchev–Trinajstić information content (AvgIpc) is 2.47. The van der Waals surface area contributed by atoms with Crippen LogP contribution in [0.4, 0.5) is 13.6 Å². The van der Waals surface area contributed by atoms with Crippen LogP contribution in [0.15, 0.2) is 18.2 Å². The lowest BCUT2D eigenvalue weighted by Crippen LogP contribution is -2.47. The van der Waals surface area contributed by atoms with Crippen molar-refractivity contribution in [2.75, 3.05) is 13.6 Å². The molecular formula is C17H24F2N2O2. The lowest BCUT2D eigenvalue weighted by atomic mass is 9.91. The van der Waals surface area contributed by atoms with Gasteiger partial charge in [-0.1, -0.05) is 0 Å². The minimum atomic E-state index is -0.637. The second kappa shape index (κ2) is 6.83. The Labute approximate surface area is 135 Å². The maximum atomic E-state index is 14.2. The highest BCUT2D eigenvalue weighted by atomic mass is 19.1. The summed E-state index contributed by atoms with van der Waals surface area (Å²) in [6, 6.07) is 2.93. The third kappa shape index (κ3) is 4.41. The van der Waals surface area contributed by atoms with Gasteiger partial charge in [-0.05, 0) is 58.9 Å². The van der Waals surface area contributed by atoms with Crippen LogP contribution >= 0.6 is 0 Å². The minimum Gasteiger partial charge on any atom is -0.444 e. The van der Waals surface area contributed by atoms with Gasteiger partial charge in [0, 0.05) is 18.2 Å². The van der Waals surface area contributed by atoms with Crippen LogP contribution in [0.5, 0.6) is 0 Å². The molecule has 2 rings (SSSR count). The number of carbonyl (C=O) groups is 1. The predicted molar refractivity (Wildman–Crippen MR) is 84.1 cm³/mol. The summed E-state index contributed by atoms with van der Waals surface area (Å²) in [6.07, 6.45) is 0.750. The third-order valence-corrected chi connectivity index (χ3v) is 3.96. The molecule has 0 saturated carbocycles. The van der Waals surface area contributed by atoms with E-state index < -0.39 is 29.4 Å². The van der Waals surface area contributed by atoms with Crippen molar-refractivity contribution in [1.29, 1.82) is 0 Å². The Morgan fingerprint density at radius 1 is 1.35 bits per heavy atom. The molecular weight excluding hydrogens is 302 g/mol. The van der Waals surface area contributed by atoms with Gasteiger partial charge in [0.1, 0.15) is 17.2 Å². The fraction of sp³-hybridized carbons (Fsp3) is 0.588. The monoisotopic (exact) mass is 326 g/mol. The predicted octanol–water partition coefficient (Wildman–Crippen LogP) is 3.62. The van der Waals surface area contributed by atoms with Crippen LogP contribution in [-0.4, -0.2) is 36.2 Å². The van der Waals surface area contributed by atoms with Crippen molar-refractivity contribution in [2.24, 2.45) is 0 Å². The molecule has 1 aliphatic rings. The summed E-state index contributed by atoms with van der Waals surface area (Å²) in [7, 11) is 1.83. The quantitative estimate of drug-likeness (QED) is 0.902. The molecule has 1 aromatic rings. The topological polar surface area (TPSA) is 41.6 Å². The van der Waals surface area contributed by atoms with Gasteiger partial charge in [0.2, 0.25) is 0 Å². The van der Waals surface area contributed by atoms with E-state index in [2.05, 4.69) is 5.32 Å². The van der Waals surface area contributed by atoms with Crippen molar-refractivity contribution in [3.8, 4) is 0 Å². The third-order valence-electron chi connectivity index (χ3n) is 3.96. The van der Waals surface area contributed by atoms with Crippen LogP contribution < -0.4 is 5.32 Å². The molecule has 0 aromatic heterocycles. The van der Waals surface area contributed by atoms with Gasteiger partial charge in [0.25, 0.3) is 0 Å². The van der Waals surface area contributed by atoms with Crippen LogP contribution in [0, 0.1) is 11.6 Å². The molecule has 0 bridgehead atoms. The second-order valence-corrected chi connectivity index (χ2v) is 6.87. The van der Waals surface area contributed by atoms with E-state index in [1.807, 2.05) is 7.05 Å². The van der Waals surface area contributed by atoms with Crippen LogP contribution in [0.3, 0.4) is 0 Å². The van der Waals surface area contributed by atoms with Gasteiger partial charge >= 0.3 is 6.09 Å². The molecule has 1 unspecified atom stereocenters. The van der Waals surface area contributed by atoms with Crippen molar-refractivity contribution in [3.05, 3.63) is 35.4 Å². The summed E-state index contributed by atoms with van der Waals surface area (Å²) in [5.41, 5.74) is -0.446. The Hall–Kier alpha value is -1.69. The summed E-state index contributed by atoms with van der Waals surface area (Å²) in [6.45, 7) is 5.77. The normalized spacial score (nSPS) is 22.1.